The lowest BCUT2D eigenvalue weighted by Gasteiger charge is -2.34. The first-order valence-electron chi connectivity index (χ1n) is 6.97. The normalized spacial score (nSPS) is 21.0. The second-order valence-corrected chi connectivity index (χ2v) is 5.61. The molecule has 1 saturated carbocycles. The Kier molecular flexibility index (Phi) is 3.47. The highest BCUT2D eigenvalue weighted by Crippen LogP contribution is 2.27. The number of aliphatic hydroxyl groups is 1. The molecule has 3 rings (SSSR count). The predicted molar refractivity (Wildman–Crippen MR) is 78.1 cm³/mol. The predicted octanol–water partition coefficient (Wildman–Crippen LogP) is 0.766. The van der Waals surface area contributed by atoms with E-state index in [0.717, 1.165) is 0 Å². The van der Waals surface area contributed by atoms with E-state index in [1.807, 2.05) is 0 Å². The van der Waals surface area contributed by atoms with Gasteiger partial charge in [0.05, 0.1) is 17.1 Å². The molecule has 0 saturated heterocycles. The molecule has 0 unspecified atom stereocenters. The highest BCUT2D eigenvalue weighted by molar-refractivity contribution is 5.93. The number of para-hydroxylation sites is 2. The topological polar surface area (TPSA) is 86.3 Å². The van der Waals surface area contributed by atoms with Gasteiger partial charge in [-0.15, -0.1) is 0 Å². The third kappa shape index (κ3) is 2.67. The monoisotopic (exact) mass is 287 g/mol. The minimum Gasteiger partial charge on any atom is -0.393 e. The third-order valence-corrected chi connectivity index (χ3v) is 3.89. The van der Waals surface area contributed by atoms with Crippen molar-refractivity contribution < 1.29 is 9.90 Å². The number of hydrogen-bond acceptors (Lipinski definition) is 4. The highest BCUT2D eigenvalue weighted by Gasteiger charge is 2.30. The van der Waals surface area contributed by atoms with E-state index in [2.05, 4.69) is 9.97 Å². The fraction of sp³-hybridized carbons (Fsp3) is 0.400. The largest absolute Gasteiger partial charge is 0.393 e. The van der Waals surface area contributed by atoms with Crippen LogP contribution < -0.4 is 5.56 Å². The summed E-state index contributed by atoms with van der Waals surface area (Å²) in [6, 6.07) is 7.11. The Balaban J connectivity index is 1.83. The summed E-state index contributed by atoms with van der Waals surface area (Å²) in [5.41, 5.74) is 0.645. The van der Waals surface area contributed by atoms with Crippen molar-refractivity contribution >= 4 is 16.9 Å². The molecule has 1 aliphatic rings. The second-order valence-electron chi connectivity index (χ2n) is 5.61. The van der Waals surface area contributed by atoms with Gasteiger partial charge >= 0.3 is 0 Å². The number of aromatic nitrogens is 2. The van der Waals surface area contributed by atoms with Crippen LogP contribution in [-0.2, 0) is 0 Å². The van der Waals surface area contributed by atoms with E-state index in [1.165, 1.54) is 4.90 Å². The molecule has 0 radical (unpaired) electrons. The van der Waals surface area contributed by atoms with Gasteiger partial charge in [0.1, 0.15) is 0 Å². The zero-order chi connectivity index (χ0) is 15.0. The quantitative estimate of drug-likeness (QED) is 0.873. The minimum absolute atomic E-state index is 0.0870. The first-order chi connectivity index (χ1) is 10.0. The van der Waals surface area contributed by atoms with Crippen LogP contribution in [0.25, 0.3) is 11.0 Å². The van der Waals surface area contributed by atoms with E-state index in [1.54, 1.807) is 31.3 Å². The average Bonchev–Trinajstić information content (AvgIpc) is 2.44. The van der Waals surface area contributed by atoms with Crippen molar-refractivity contribution in [1.29, 1.82) is 0 Å². The summed E-state index contributed by atoms with van der Waals surface area (Å²) >= 11 is 0. The molecule has 1 amide bonds. The van der Waals surface area contributed by atoms with E-state index in [0.29, 0.717) is 36.3 Å². The van der Waals surface area contributed by atoms with Crippen molar-refractivity contribution in [1.82, 2.24) is 14.9 Å². The lowest BCUT2D eigenvalue weighted by atomic mass is 9.82. The average molecular weight is 287 g/mol. The molecule has 2 aromatic rings. The molecular weight excluding hydrogens is 270 g/mol. The minimum atomic E-state index is -0.473. The molecule has 110 valence electrons. The van der Waals surface area contributed by atoms with Gasteiger partial charge < -0.3 is 15.0 Å². The summed E-state index contributed by atoms with van der Waals surface area (Å²) in [4.78, 5) is 32.7. The molecule has 2 N–H and O–H groups in total. The first kappa shape index (κ1) is 13.8. The van der Waals surface area contributed by atoms with E-state index >= 15 is 0 Å². The van der Waals surface area contributed by atoms with Crippen molar-refractivity contribution in [2.24, 2.45) is 5.92 Å². The molecule has 1 aromatic heterocycles. The fourth-order valence-electron chi connectivity index (χ4n) is 2.68. The van der Waals surface area contributed by atoms with E-state index in [9.17, 15) is 14.7 Å². The summed E-state index contributed by atoms with van der Waals surface area (Å²) in [5.74, 6) is -0.0862. The molecule has 0 atom stereocenters. The Morgan fingerprint density at radius 3 is 2.86 bits per heavy atom. The molecule has 0 aliphatic heterocycles. The summed E-state index contributed by atoms with van der Waals surface area (Å²) in [6.07, 6.45) is 1.17. The van der Waals surface area contributed by atoms with Crippen molar-refractivity contribution in [3.63, 3.8) is 0 Å². The van der Waals surface area contributed by atoms with Crippen molar-refractivity contribution in [2.75, 3.05) is 13.6 Å². The van der Waals surface area contributed by atoms with E-state index < -0.39 is 5.56 Å². The number of aromatic amines is 1. The number of carbonyl (C=O) groups excluding carboxylic acids is 1. The maximum absolute atomic E-state index is 12.3. The maximum Gasteiger partial charge on any atom is 0.280 e. The number of nitrogens with one attached hydrogen (secondary N) is 1. The van der Waals surface area contributed by atoms with Crippen LogP contribution >= 0.6 is 0 Å². The standard InChI is InChI=1S/C15H17N3O3/c1-18(8-9-6-10(19)7-9)15(21)13-14(20)17-12-5-3-2-4-11(12)16-13/h2-5,9-10,19H,6-8H2,1H3,(H,17,20). The number of fused-ring (bicyclic) bond motifs is 1. The molecule has 6 heteroatoms. The molecule has 1 aromatic carbocycles. The SMILES string of the molecule is CN(CC1CC(O)C1)C(=O)c1nc2ccccc2[nH]c1=O. The summed E-state index contributed by atoms with van der Waals surface area (Å²) in [5, 5.41) is 9.28. The van der Waals surface area contributed by atoms with Gasteiger partial charge in [-0.3, -0.25) is 9.59 Å². The fourth-order valence-corrected chi connectivity index (χ4v) is 2.68. The Morgan fingerprint density at radius 2 is 2.14 bits per heavy atom. The van der Waals surface area contributed by atoms with Gasteiger partial charge in [-0.25, -0.2) is 4.98 Å². The lowest BCUT2D eigenvalue weighted by molar-refractivity contribution is 0.0263. The van der Waals surface area contributed by atoms with Gasteiger partial charge in [0.15, 0.2) is 5.69 Å². The first-order valence-corrected chi connectivity index (χ1v) is 6.97. The van der Waals surface area contributed by atoms with Gasteiger partial charge in [-0.2, -0.15) is 0 Å². The van der Waals surface area contributed by atoms with Crippen LogP contribution in [0.5, 0.6) is 0 Å². The Hall–Kier alpha value is -2.21. The van der Waals surface area contributed by atoms with Crippen LogP contribution in [0.3, 0.4) is 0 Å². The number of rotatable bonds is 3. The number of carbonyl (C=O) groups is 1. The third-order valence-electron chi connectivity index (χ3n) is 3.89. The number of aliphatic hydroxyl groups excluding tert-OH is 1. The smallest absolute Gasteiger partial charge is 0.280 e. The molecular formula is C15H17N3O3. The van der Waals surface area contributed by atoms with Crippen molar-refractivity contribution in [3.05, 3.63) is 40.3 Å². The number of nitrogens with zero attached hydrogens (tertiary/aromatic N) is 2. The molecule has 0 bridgehead atoms. The molecule has 6 nitrogen and oxygen atoms in total. The van der Waals surface area contributed by atoms with Crippen LogP contribution in [0.4, 0.5) is 0 Å². The molecule has 1 fully saturated rings. The van der Waals surface area contributed by atoms with Gasteiger partial charge in [0.2, 0.25) is 0 Å². The maximum atomic E-state index is 12.3. The molecule has 1 aliphatic carbocycles. The van der Waals surface area contributed by atoms with Crippen LogP contribution in [0.2, 0.25) is 0 Å². The molecule has 1 heterocycles. The zero-order valence-electron chi connectivity index (χ0n) is 11.7. The molecule has 21 heavy (non-hydrogen) atoms. The summed E-state index contributed by atoms with van der Waals surface area (Å²) in [6.45, 7) is 0.532. The van der Waals surface area contributed by atoms with Gasteiger partial charge in [-0.05, 0) is 30.9 Å². The van der Waals surface area contributed by atoms with Crippen LogP contribution in [0, 0.1) is 5.92 Å². The number of amides is 1. The van der Waals surface area contributed by atoms with Gasteiger partial charge in [-0.1, -0.05) is 12.1 Å². The number of H-pyrrole nitrogens is 1. The van der Waals surface area contributed by atoms with Crippen molar-refractivity contribution in [2.45, 2.75) is 18.9 Å². The summed E-state index contributed by atoms with van der Waals surface area (Å²) < 4.78 is 0. The van der Waals surface area contributed by atoms with Gasteiger partial charge in [0, 0.05) is 13.6 Å². The Bertz CT molecular complexity index is 734. The van der Waals surface area contributed by atoms with E-state index in [4.69, 9.17) is 0 Å². The van der Waals surface area contributed by atoms with Crippen LogP contribution in [-0.4, -0.2) is 45.6 Å². The lowest BCUT2D eigenvalue weighted by Crippen LogP contribution is -2.41. The molecule has 0 spiro atoms. The van der Waals surface area contributed by atoms with Crippen molar-refractivity contribution in [3.8, 4) is 0 Å². The Morgan fingerprint density at radius 1 is 1.43 bits per heavy atom. The second kappa shape index (κ2) is 5.29. The Labute approximate surface area is 121 Å². The van der Waals surface area contributed by atoms with Crippen LogP contribution in [0.15, 0.2) is 29.1 Å². The number of hydrogen-bond donors (Lipinski definition) is 2. The van der Waals surface area contributed by atoms with Crippen LogP contribution in [0.1, 0.15) is 23.3 Å². The zero-order valence-corrected chi connectivity index (χ0v) is 11.7. The number of benzene rings is 1. The highest BCUT2D eigenvalue weighted by atomic mass is 16.3. The van der Waals surface area contributed by atoms with E-state index in [-0.39, 0.29) is 17.7 Å². The summed E-state index contributed by atoms with van der Waals surface area (Å²) in [7, 11) is 1.66. The van der Waals surface area contributed by atoms with Gasteiger partial charge in [0.25, 0.3) is 11.5 Å².